The molecule has 1 amide bonds. The first-order valence-corrected chi connectivity index (χ1v) is 6.77. The molecule has 1 atom stereocenters. The van der Waals surface area contributed by atoms with Gasteiger partial charge in [0, 0.05) is 25.2 Å². The molecule has 1 aromatic rings. The lowest BCUT2D eigenvalue weighted by Gasteiger charge is -2.30. The third-order valence-corrected chi connectivity index (χ3v) is 3.38. The maximum atomic E-state index is 12.3. The lowest BCUT2D eigenvalue weighted by atomic mass is 10.1. The molecule has 2 rings (SSSR count). The zero-order valence-corrected chi connectivity index (χ0v) is 11.7. The highest BCUT2D eigenvalue weighted by Crippen LogP contribution is 2.14. The third kappa shape index (κ3) is 3.78. The Morgan fingerprint density at radius 3 is 2.63 bits per heavy atom. The molecule has 0 aromatic heterocycles. The van der Waals surface area contributed by atoms with Crippen molar-refractivity contribution in [2.45, 2.75) is 25.5 Å². The summed E-state index contributed by atoms with van der Waals surface area (Å²) in [5.74, 6) is 0.0233. The molecule has 0 saturated carbocycles. The molecule has 1 N–H and O–H groups in total. The number of hydrogen-bond acceptors (Lipinski definition) is 3. The van der Waals surface area contributed by atoms with Crippen molar-refractivity contribution < 1.29 is 9.90 Å². The van der Waals surface area contributed by atoms with Crippen LogP contribution in [0.4, 0.5) is 0 Å². The van der Waals surface area contributed by atoms with Gasteiger partial charge in [-0.1, -0.05) is 12.1 Å². The standard InChI is InChI=1S/C15H22N2O2/c1-16(2)10-12-5-7-13(8-6-12)15(19)17-9-3-4-14(18)11-17/h5-8,14,18H,3-4,9-11H2,1-2H3/t14-/m0/s1. The fraction of sp³-hybridized carbons (Fsp3) is 0.533. The van der Waals surface area contributed by atoms with E-state index in [1.54, 1.807) is 4.90 Å². The summed E-state index contributed by atoms with van der Waals surface area (Å²) in [6.07, 6.45) is 1.31. The predicted molar refractivity (Wildman–Crippen MR) is 75.0 cm³/mol. The molecule has 1 fully saturated rings. The number of carbonyl (C=O) groups excluding carboxylic acids is 1. The number of benzene rings is 1. The Balaban J connectivity index is 2.02. The first-order chi connectivity index (χ1) is 9.06. The van der Waals surface area contributed by atoms with E-state index in [9.17, 15) is 9.90 Å². The number of piperidine rings is 1. The lowest BCUT2D eigenvalue weighted by molar-refractivity contribution is 0.0474. The van der Waals surface area contributed by atoms with Crippen LogP contribution in [-0.2, 0) is 6.54 Å². The molecule has 19 heavy (non-hydrogen) atoms. The Hall–Kier alpha value is -1.39. The van der Waals surface area contributed by atoms with Crippen molar-refractivity contribution >= 4 is 5.91 Å². The molecule has 1 aliphatic heterocycles. The van der Waals surface area contributed by atoms with Crippen molar-refractivity contribution in [1.29, 1.82) is 0 Å². The van der Waals surface area contributed by atoms with E-state index in [1.165, 1.54) is 5.56 Å². The quantitative estimate of drug-likeness (QED) is 0.894. The van der Waals surface area contributed by atoms with E-state index in [0.29, 0.717) is 12.1 Å². The van der Waals surface area contributed by atoms with Gasteiger partial charge in [-0.3, -0.25) is 4.79 Å². The number of nitrogens with zero attached hydrogens (tertiary/aromatic N) is 2. The topological polar surface area (TPSA) is 43.8 Å². The molecule has 1 aliphatic rings. The molecule has 0 unspecified atom stereocenters. The Labute approximate surface area is 114 Å². The van der Waals surface area contributed by atoms with Crippen LogP contribution in [0, 0.1) is 0 Å². The summed E-state index contributed by atoms with van der Waals surface area (Å²) in [4.78, 5) is 16.1. The SMILES string of the molecule is CN(C)Cc1ccc(C(=O)N2CCC[C@H](O)C2)cc1. The van der Waals surface area contributed by atoms with Crippen LogP contribution in [0.2, 0.25) is 0 Å². The van der Waals surface area contributed by atoms with E-state index in [1.807, 2.05) is 38.4 Å². The van der Waals surface area contributed by atoms with Crippen LogP contribution in [-0.4, -0.2) is 54.1 Å². The first-order valence-electron chi connectivity index (χ1n) is 6.77. The number of carbonyl (C=O) groups is 1. The number of rotatable bonds is 3. The fourth-order valence-electron chi connectivity index (χ4n) is 2.44. The van der Waals surface area contributed by atoms with E-state index in [-0.39, 0.29) is 12.0 Å². The van der Waals surface area contributed by atoms with Crippen molar-refractivity contribution in [3.8, 4) is 0 Å². The summed E-state index contributed by atoms with van der Waals surface area (Å²) < 4.78 is 0. The van der Waals surface area contributed by atoms with Crippen LogP contribution in [0.5, 0.6) is 0 Å². The Kier molecular flexibility index (Phi) is 4.56. The van der Waals surface area contributed by atoms with Crippen LogP contribution in [0.15, 0.2) is 24.3 Å². The highest BCUT2D eigenvalue weighted by Gasteiger charge is 2.22. The van der Waals surface area contributed by atoms with Gasteiger partial charge in [0.2, 0.25) is 0 Å². The summed E-state index contributed by atoms with van der Waals surface area (Å²) in [5.41, 5.74) is 1.90. The van der Waals surface area contributed by atoms with Crippen LogP contribution < -0.4 is 0 Å². The third-order valence-electron chi connectivity index (χ3n) is 3.38. The van der Waals surface area contributed by atoms with Crippen molar-refractivity contribution in [3.63, 3.8) is 0 Å². The van der Waals surface area contributed by atoms with Crippen molar-refractivity contribution in [3.05, 3.63) is 35.4 Å². The van der Waals surface area contributed by atoms with Crippen LogP contribution in [0.25, 0.3) is 0 Å². The van der Waals surface area contributed by atoms with E-state index in [2.05, 4.69) is 4.90 Å². The summed E-state index contributed by atoms with van der Waals surface area (Å²) in [5, 5.41) is 9.62. The highest BCUT2D eigenvalue weighted by atomic mass is 16.3. The number of β-amino-alcohol motifs (C(OH)–C–C–N with tert-alkyl or cyclic N) is 1. The van der Waals surface area contributed by atoms with Gasteiger partial charge in [0.15, 0.2) is 0 Å². The average Bonchev–Trinajstić information content (AvgIpc) is 2.38. The predicted octanol–water partition coefficient (Wildman–Crippen LogP) is 1.35. The maximum Gasteiger partial charge on any atom is 0.253 e. The number of aliphatic hydroxyl groups excluding tert-OH is 1. The van der Waals surface area contributed by atoms with Gasteiger partial charge in [0.25, 0.3) is 5.91 Å². The Bertz CT molecular complexity index is 428. The number of hydrogen-bond donors (Lipinski definition) is 1. The molecule has 0 spiro atoms. The summed E-state index contributed by atoms with van der Waals surface area (Å²) >= 11 is 0. The zero-order chi connectivity index (χ0) is 13.8. The summed E-state index contributed by atoms with van der Waals surface area (Å²) in [7, 11) is 4.04. The highest BCUT2D eigenvalue weighted by molar-refractivity contribution is 5.94. The van der Waals surface area contributed by atoms with E-state index in [0.717, 1.165) is 25.9 Å². The maximum absolute atomic E-state index is 12.3. The van der Waals surface area contributed by atoms with Gasteiger partial charge >= 0.3 is 0 Å². The monoisotopic (exact) mass is 262 g/mol. The lowest BCUT2D eigenvalue weighted by Crippen LogP contribution is -2.42. The number of likely N-dealkylation sites (tertiary alicyclic amines) is 1. The van der Waals surface area contributed by atoms with Gasteiger partial charge in [-0.05, 0) is 44.6 Å². The van der Waals surface area contributed by atoms with Gasteiger partial charge in [0.05, 0.1) is 6.10 Å². The molecule has 0 radical (unpaired) electrons. The molecule has 4 nitrogen and oxygen atoms in total. The van der Waals surface area contributed by atoms with Gasteiger partial charge in [0.1, 0.15) is 0 Å². The smallest absolute Gasteiger partial charge is 0.253 e. The second kappa shape index (κ2) is 6.17. The Morgan fingerprint density at radius 1 is 1.37 bits per heavy atom. The Morgan fingerprint density at radius 2 is 2.05 bits per heavy atom. The fourth-order valence-corrected chi connectivity index (χ4v) is 2.44. The van der Waals surface area contributed by atoms with Gasteiger partial charge in [-0.2, -0.15) is 0 Å². The molecule has 1 heterocycles. The second-order valence-electron chi connectivity index (χ2n) is 5.48. The van der Waals surface area contributed by atoms with E-state index in [4.69, 9.17) is 0 Å². The average molecular weight is 262 g/mol. The second-order valence-corrected chi connectivity index (χ2v) is 5.48. The molecule has 0 bridgehead atoms. The van der Waals surface area contributed by atoms with Crippen LogP contribution in [0.1, 0.15) is 28.8 Å². The molecule has 104 valence electrons. The molecule has 1 saturated heterocycles. The zero-order valence-electron chi connectivity index (χ0n) is 11.7. The van der Waals surface area contributed by atoms with Gasteiger partial charge in [-0.15, -0.1) is 0 Å². The normalized spacial score (nSPS) is 19.8. The van der Waals surface area contributed by atoms with Gasteiger partial charge < -0.3 is 14.9 Å². The minimum absolute atomic E-state index is 0.0233. The largest absolute Gasteiger partial charge is 0.391 e. The van der Waals surface area contributed by atoms with Gasteiger partial charge in [-0.25, -0.2) is 0 Å². The number of aliphatic hydroxyl groups is 1. The van der Waals surface area contributed by atoms with E-state index >= 15 is 0 Å². The van der Waals surface area contributed by atoms with Crippen molar-refractivity contribution in [1.82, 2.24) is 9.80 Å². The first kappa shape index (κ1) is 14.0. The van der Waals surface area contributed by atoms with E-state index < -0.39 is 0 Å². The number of amides is 1. The molecule has 0 aliphatic carbocycles. The molecular formula is C15H22N2O2. The van der Waals surface area contributed by atoms with Crippen LogP contribution >= 0.6 is 0 Å². The summed E-state index contributed by atoms with van der Waals surface area (Å²) in [6.45, 7) is 2.07. The van der Waals surface area contributed by atoms with Crippen LogP contribution in [0.3, 0.4) is 0 Å². The molecule has 1 aromatic carbocycles. The minimum Gasteiger partial charge on any atom is -0.391 e. The van der Waals surface area contributed by atoms with Crippen molar-refractivity contribution in [2.75, 3.05) is 27.2 Å². The summed E-state index contributed by atoms with van der Waals surface area (Å²) in [6, 6.07) is 7.74. The minimum atomic E-state index is -0.370. The molecule has 4 heteroatoms. The van der Waals surface area contributed by atoms with Crippen molar-refractivity contribution in [2.24, 2.45) is 0 Å². The molecular weight excluding hydrogens is 240 g/mol.